The first kappa shape index (κ1) is 32.4. The molecule has 3 heteroatoms. The third-order valence-electron chi connectivity index (χ3n) is 12.2. The first-order chi connectivity index (χ1) is 19.4. The fourth-order valence-electron chi connectivity index (χ4n) is 9.87. The molecule has 0 spiro atoms. The highest BCUT2D eigenvalue weighted by atomic mass is 16.7. The summed E-state index contributed by atoms with van der Waals surface area (Å²) in [7, 11) is 0. The van der Waals surface area contributed by atoms with Crippen LogP contribution in [0.5, 0.6) is 0 Å². The zero-order valence-electron chi connectivity index (χ0n) is 27.9. The van der Waals surface area contributed by atoms with Crippen LogP contribution in [0.4, 0.5) is 4.79 Å². The standard InChI is InChI=1S/C38H62O3/c1-26(2)11-9-13-28(5)21-24-40-36(39)41-31-19-22-37(7)30(25-31)15-16-32-34-18-17-33(29(6)14-10-12-27(3)4)38(34,8)23-20-35(32)37/h11,15,21,27,29,31-35H,9-10,12-14,16-20,22-25H2,1-8H3/b28-21+/t29-,31?,32?,33-,34?,35?,37+,38-/m1/s1. The quantitative estimate of drug-likeness (QED) is 0.184. The molecule has 0 aromatic carbocycles. The summed E-state index contributed by atoms with van der Waals surface area (Å²) in [5.41, 5.74) is 4.97. The minimum Gasteiger partial charge on any atom is -0.431 e. The predicted molar refractivity (Wildman–Crippen MR) is 172 cm³/mol. The molecule has 0 bridgehead atoms. The lowest BCUT2D eigenvalue weighted by molar-refractivity contribution is -0.0613. The van der Waals surface area contributed by atoms with Gasteiger partial charge in [-0.2, -0.15) is 0 Å². The van der Waals surface area contributed by atoms with Crippen molar-refractivity contribution in [3.05, 3.63) is 34.9 Å². The lowest BCUT2D eigenvalue weighted by Gasteiger charge is -2.58. The summed E-state index contributed by atoms with van der Waals surface area (Å²) in [5, 5.41) is 0. The van der Waals surface area contributed by atoms with E-state index >= 15 is 0 Å². The van der Waals surface area contributed by atoms with E-state index in [0.29, 0.717) is 12.0 Å². The van der Waals surface area contributed by atoms with Crippen molar-refractivity contribution in [1.82, 2.24) is 0 Å². The molecule has 3 nitrogen and oxygen atoms in total. The molecule has 0 aromatic rings. The molecule has 0 heterocycles. The second-order valence-corrected chi connectivity index (χ2v) is 15.7. The van der Waals surface area contributed by atoms with Crippen molar-refractivity contribution in [1.29, 1.82) is 0 Å². The molecule has 0 saturated heterocycles. The van der Waals surface area contributed by atoms with E-state index in [1.54, 1.807) is 5.57 Å². The average Bonchev–Trinajstić information content (AvgIpc) is 3.25. The van der Waals surface area contributed by atoms with E-state index < -0.39 is 6.16 Å². The molecule has 4 aliphatic rings. The van der Waals surface area contributed by atoms with Gasteiger partial charge in [0.2, 0.25) is 0 Å². The van der Waals surface area contributed by atoms with Gasteiger partial charge >= 0.3 is 6.16 Å². The van der Waals surface area contributed by atoms with Crippen LogP contribution in [0.15, 0.2) is 34.9 Å². The van der Waals surface area contributed by atoms with Crippen LogP contribution in [0.1, 0.15) is 139 Å². The summed E-state index contributed by atoms with van der Waals surface area (Å²) in [6.45, 7) is 19.2. The van der Waals surface area contributed by atoms with Gasteiger partial charge in [0.15, 0.2) is 0 Å². The molecule has 3 saturated carbocycles. The van der Waals surface area contributed by atoms with Crippen molar-refractivity contribution in [2.45, 2.75) is 145 Å². The first-order valence-corrected chi connectivity index (χ1v) is 17.3. The molecular weight excluding hydrogens is 504 g/mol. The average molecular weight is 567 g/mol. The molecule has 232 valence electrons. The van der Waals surface area contributed by atoms with Crippen LogP contribution in [0.25, 0.3) is 0 Å². The number of carbonyl (C=O) groups is 1. The number of ether oxygens (including phenoxy) is 2. The largest absolute Gasteiger partial charge is 0.508 e. The minimum atomic E-state index is -0.505. The van der Waals surface area contributed by atoms with E-state index in [9.17, 15) is 4.79 Å². The number of hydrogen-bond acceptors (Lipinski definition) is 3. The van der Waals surface area contributed by atoms with Crippen LogP contribution < -0.4 is 0 Å². The highest BCUT2D eigenvalue weighted by molar-refractivity contribution is 5.60. The second-order valence-electron chi connectivity index (χ2n) is 15.7. The highest BCUT2D eigenvalue weighted by Crippen LogP contribution is 2.67. The van der Waals surface area contributed by atoms with Gasteiger partial charge in [-0.3, -0.25) is 0 Å². The fourth-order valence-corrected chi connectivity index (χ4v) is 9.87. The van der Waals surface area contributed by atoms with Gasteiger partial charge in [0.25, 0.3) is 0 Å². The Bertz CT molecular complexity index is 983. The lowest BCUT2D eigenvalue weighted by Crippen LogP contribution is -2.51. The van der Waals surface area contributed by atoms with Crippen LogP contribution in [0, 0.1) is 46.3 Å². The Morgan fingerprint density at radius 2 is 1.78 bits per heavy atom. The molecule has 3 fully saturated rings. The molecule has 0 aliphatic heterocycles. The molecule has 4 unspecified atom stereocenters. The zero-order chi connectivity index (χ0) is 29.8. The van der Waals surface area contributed by atoms with Crippen molar-refractivity contribution in [3.63, 3.8) is 0 Å². The number of fused-ring (bicyclic) bond motifs is 5. The Hall–Kier alpha value is -1.51. The van der Waals surface area contributed by atoms with E-state index in [2.05, 4.69) is 67.5 Å². The predicted octanol–water partition coefficient (Wildman–Crippen LogP) is 11.2. The van der Waals surface area contributed by atoms with E-state index in [1.807, 2.05) is 6.08 Å². The molecular formula is C38H62O3. The van der Waals surface area contributed by atoms with Gasteiger partial charge in [-0.15, -0.1) is 0 Å². The number of rotatable bonds is 11. The summed E-state index contributed by atoms with van der Waals surface area (Å²) in [6, 6.07) is 0. The van der Waals surface area contributed by atoms with Gasteiger partial charge in [-0.25, -0.2) is 4.79 Å². The molecule has 4 aliphatic carbocycles. The maximum Gasteiger partial charge on any atom is 0.508 e. The van der Waals surface area contributed by atoms with Crippen molar-refractivity contribution in [2.75, 3.05) is 6.61 Å². The van der Waals surface area contributed by atoms with Gasteiger partial charge < -0.3 is 9.47 Å². The van der Waals surface area contributed by atoms with E-state index in [1.165, 1.54) is 62.5 Å². The van der Waals surface area contributed by atoms with E-state index in [4.69, 9.17) is 9.47 Å². The van der Waals surface area contributed by atoms with Crippen LogP contribution in [0.2, 0.25) is 0 Å². The van der Waals surface area contributed by atoms with Gasteiger partial charge in [-0.1, -0.05) is 82.8 Å². The first-order valence-electron chi connectivity index (χ1n) is 17.3. The summed E-state index contributed by atoms with van der Waals surface area (Å²) < 4.78 is 11.3. The van der Waals surface area contributed by atoms with Crippen LogP contribution >= 0.6 is 0 Å². The number of carbonyl (C=O) groups excluding carboxylic acids is 1. The summed E-state index contributed by atoms with van der Waals surface area (Å²) in [4.78, 5) is 12.5. The van der Waals surface area contributed by atoms with E-state index in [0.717, 1.165) is 67.6 Å². The van der Waals surface area contributed by atoms with Crippen molar-refractivity contribution >= 4 is 6.16 Å². The van der Waals surface area contributed by atoms with Crippen LogP contribution in [-0.2, 0) is 9.47 Å². The SMILES string of the molecule is CC(C)=CCC/C(C)=C/COC(=O)OC1CC[C@@]2(C)C(=CCC3C2CC[C@@]2(C)C3CC[C@@H]2[C@H](C)CCCC(C)C)C1. The summed E-state index contributed by atoms with van der Waals surface area (Å²) in [5.74, 6) is 5.11. The van der Waals surface area contributed by atoms with E-state index in [-0.39, 0.29) is 11.5 Å². The smallest absolute Gasteiger partial charge is 0.431 e. The number of allylic oxidation sites excluding steroid dienone is 4. The fraction of sp³-hybridized carbons (Fsp3) is 0.816. The van der Waals surface area contributed by atoms with Gasteiger partial charge in [-0.05, 0) is 131 Å². The Kier molecular flexibility index (Phi) is 10.9. The topological polar surface area (TPSA) is 35.5 Å². The summed E-state index contributed by atoms with van der Waals surface area (Å²) >= 11 is 0. The molecule has 4 rings (SSSR count). The normalized spacial score (nSPS) is 35.6. The summed E-state index contributed by atoms with van der Waals surface area (Å²) in [6.07, 6.45) is 22.4. The molecule has 0 amide bonds. The number of hydrogen-bond donors (Lipinski definition) is 0. The van der Waals surface area contributed by atoms with Crippen LogP contribution in [0.3, 0.4) is 0 Å². The highest BCUT2D eigenvalue weighted by Gasteiger charge is 2.59. The Morgan fingerprint density at radius 3 is 2.51 bits per heavy atom. The lowest BCUT2D eigenvalue weighted by atomic mass is 9.47. The third-order valence-corrected chi connectivity index (χ3v) is 12.2. The Balaban J connectivity index is 1.30. The molecule has 41 heavy (non-hydrogen) atoms. The molecule has 8 atom stereocenters. The molecule has 0 radical (unpaired) electrons. The van der Waals surface area contributed by atoms with Crippen molar-refractivity contribution < 1.29 is 14.3 Å². The Labute approximate surface area is 253 Å². The zero-order valence-corrected chi connectivity index (χ0v) is 27.9. The second kappa shape index (κ2) is 13.9. The van der Waals surface area contributed by atoms with Gasteiger partial charge in [0.1, 0.15) is 12.7 Å². The third kappa shape index (κ3) is 7.53. The maximum absolute atomic E-state index is 12.5. The maximum atomic E-state index is 12.5. The van der Waals surface area contributed by atoms with Crippen molar-refractivity contribution in [2.24, 2.45) is 46.3 Å². The monoisotopic (exact) mass is 566 g/mol. The molecule has 0 N–H and O–H groups in total. The minimum absolute atomic E-state index is 0.0440. The molecule has 0 aromatic heterocycles. The van der Waals surface area contributed by atoms with Gasteiger partial charge in [0, 0.05) is 6.42 Å². The van der Waals surface area contributed by atoms with Crippen LogP contribution in [-0.4, -0.2) is 18.9 Å². The van der Waals surface area contributed by atoms with Gasteiger partial charge in [0.05, 0.1) is 0 Å². The van der Waals surface area contributed by atoms with Crippen molar-refractivity contribution in [3.8, 4) is 0 Å². The Morgan fingerprint density at radius 1 is 1.00 bits per heavy atom.